The van der Waals surface area contributed by atoms with Gasteiger partial charge in [-0.15, -0.1) is 18.3 Å². The van der Waals surface area contributed by atoms with Gasteiger partial charge in [-0.1, -0.05) is 18.2 Å². The zero-order valence-electron chi connectivity index (χ0n) is 18.0. The molecule has 1 aromatic heterocycles. The molecule has 0 saturated carbocycles. The van der Waals surface area contributed by atoms with E-state index in [4.69, 9.17) is 0 Å². The second-order valence-corrected chi connectivity index (χ2v) is 6.90. The van der Waals surface area contributed by atoms with Crippen LogP contribution in [0.1, 0.15) is 11.1 Å². The summed E-state index contributed by atoms with van der Waals surface area (Å²) >= 11 is 0. The lowest BCUT2D eigenvalue weighted by Crippen LogP contribution is -2.20. The van der Waals surface area contributed by atoms with Gasteiger partial charge in [-0.05, 0) is 35.9 Å². The number of halogens is 9. The first-order valence-corrected chi connectivity index (χ1v) is 9.79. The van der Waals surface area contributed by atoms with E-state index in [0.29, 0.717) is 0 Å². The molecule has 198 valence electrons. The van der Waals surface area contributed by atoms with Crippen LogP contribution >= 0.6 is 0 Å². The highest BCUT2D eigenvalue weighted by Crippen LogP contribution is 2.32. The number of hydrogen-bond acceptors (Lipinski definition) is 8. The Morgan fingerprint density at radius 2 is 1.49 bits per heavy atom. The summed E-state index contributed by atoms with van der Waals surface area (Å²) in [7, 11) is 0. The summed E-state index contributed by atoms with van der Waals surface area (Å²) in [5, 5.41) is 9.61. The summed E-state index contributed by atoms with van der Waals surface area (Å²) < 4.78 is 122. The lowest BCUT2D eigenvalue weighted by molar-refractivity contribution is -0.274. The third kappa shape index (κ3) is 9.08. The first kappa shape index (κ1) is 27.4. The second-order valence-electron chi connectivity index (χ2n) is 6.90. The van der Waals surface area contributed by atoms with Crippen LogP contribution in [0.4, 0.5) is 57.1 Å². The number of azo groups is 1. The molecule has 0 spiro atoms. The van der Waals surface area contributed by atoms with Gasteiger partial charge in [0.05, 0.1) is 12.1 Å². The Hall–Kier alpha value is -4.18. The highest BCUT2D eigenvalue weighted by molar-refractivity contribution is 5.55. The summed E-state index contributed by atoms with van der Waals surface area (Å²) in [5.41, 5.74) is -1.11. The Morgan fingerprint density at radius 1 is 0.811 bits per heavy atom. The van der Waals surface area contributed by atoms with Crippen molar-refractivity contribution in [3.8, 4) is 11.8 Å². The number of hydrogen-bond donors (Lipinski definition) is 1. The van der Waals surface area contributed by atoms with Gasteiger partial charge in [-0.3, -0.25) is 0 Å². The van der Waals surface area contributed by atoms with Crippen LogP contribution < -0.4 is 14.8 Å². The van der Waals surface area contributed by atoms with Crippen molar-refractivity contribution in [3.63, 3.8) is 0 Å². The van der Waals surface area contributed by atoms with Crippen molar-refractivity contribution >= 4 is 17.6 Å². The average molecular weight is 540 g/mol. The molecule has 3 aromatic rings. The molecular formula is C20H13F9N6O2. The van der Waals surface area contributed by atoms with Crippen LogP contribution in [0.5, 0.6) is 11.8 Å². The number of rotatable bonds is 8. The maximum absolute atomic E-state index is 13.1. The SMILES string of the molecule is FC(F)(F)COc1nc(N=NCc2ccccc2C(F)(F)F)nc(Nc2ccc(OC(F)(F)F)cc2)n1. The number of aromatic nitrogens is 3. The van der Waals surface area contributed by atoms with Crippen molar-refractivity contribution in [3.05, 3.63) is 59.7 Å². The molecule has 17 heteroatoms. The summed E-state index contributed by atoms with van der Waals surface area (Å²) in [5.74, 6) is -1.60. The van der Waals surface area contributed by atoms with E-state index in [9.17, 15) is 39.5 Å². The van der Waals surface area contributed by atoms with Gasteiger partial charge in [0.25, 0.3) is 5.95 Å². The average Bonchev–Trinajstić information content (AvgIpc) is 2.77. The van der Waals surface area contributed by atoms with Crippen LogP contribution in [0, 0.1) is 0 Å². The molecule has 37 heavy (non-hydrogen) atoms. The molecular weight excluding hydrogens is 527 g/mol. The molecule has 0 amide bonds. The highest BCUT2D eigenvalue weighted by Gasteiger charge is 2.33. The molecule has 0 unspecified atom stereocenters. The van der Waals surface area contributed by atoms with Gasteiger partial charge in [-0.2, -0.15) is 46.4 Å². The molecule has 0 radical (unpaired) electrons. The maximum Gasteiger partial charge on any atom is 0.573 e. The monoisotopic (exact) mass is 540 g/mol. The fraction of sp³-hybridized carbons (Fsp3) is 0.250. The molecule has 8 nitrogen and oxygen atoms in total. The van der Waals surface area contributed by atoms with Gasteiger partial charge in [0.15, 0.2) is 6.61 Å². The van der Waals surface area contributed by atoms with E-state index in [0.717, 1.165) is 36.4 Å². The second kappa shape index (κ2) is 10.8. The third-order valence-electron chi connectivity index (χ3n) is 4.04. The van der Waals surface area contributed by atoms with E-state index in [1.165, 1.54) is 12.1 Å². The fourth-order valence-corrected chi connectivity index (χ4v) is 2.64. The Labute approximate surface area is 201 Å². The molecule has 3 rings (SSSR count). The fourth-order valence-electron chi connectivity index (χ4n) is 2.64. The molecule has 0 fully saturated rings. The predicted molar refractivity (Wildman–Crippen MR) is 107 cm³/mol. The standard InChI is InChI=1S/C20H13F9N6O2/c21-18(22,23)10-36-17-33-15(31-12-5-7-13(8-6-12)37-20(27,28)29)32-16(34-17)35-30-9-11-3-1-2-4-14(11)19(24,25)26/h1-8H,9-10H2,(H,31,32,33,34). The number of nitrogens with one attached hydrogen (secondary N) is 1. The topological polar surface area (TPSA) is 93.9 Å². The van der Waals surface area contributed by atoms with Gasteiger partial charge in [0.2, 0.25) is 5.95 Å². The van der Waals surface area contributed by atoms with Crippen molar-refractivity contribution in [1.82, 2.24) is 15.0 Å². The van der Waals surface area contributed by atoms with E-state index in [1.54, 1.807) is 0 Å². The Kier molecular flexibility index (Phi) is 8.03. The third-order valence-corrected chi connectivity index (χ3v) is 4.04. The van der Waals surface area contributed by atoms with Gasteiger partial charge in [-0.25, -0.2) is 0 Å². The smallest absolute Gasteiger partial charge is 0.454 e. The lowest BCUT2D eigenvalue weighted by atomic mass is 10.1. The molecule has 1 heterocycles. The van der Waals surface area contributed by atoms with Crippen molar-refractivity contribution < 1.29 is 49.0 Å². The normalized spacial score (nSPS) is 12.6. The Morgan fingerprint density at radius 3 is 2.11 bits per heavy atom. The number of anilines is 2. The maximum atomic E-state index is 13.1. The Bertz CT molecular complexity index is 1230. The van der Waals surface area contributed by atoms with Gasteiger partial charge >= 0.3 is 24.7 Å². The molecule has 0 saturated heterocycles. The molecule has 1 N–H and O–H groups in total. The van der Waals surface area contributed by atoms with Crippen molar-refractivity contribution in [2.45, 2.75) is 25.3 Å². The van der Waals surface area contributed by atoms with Crippen LogP contribution in [-0.4, -0.2) is 34.1 Å². The van der Waals surface area contributed by atoms with E-state index in [2.05, 4.69) is 40.0 Å². The van der Waals surface area contributed by atoms with Crippen molar-refractivity contribution in [1.29, 1.82) is 0 Å². The van der Waals surface area contributed by atoms with Crippen LogP contribution in [0.25, 0.3) is 0 Å². The lowest BCUT2D eigenvalue weighted by Gasteiger charge is -2.11. The van der Waals surface area contributed by atoms with E-state index >= 15 is 0 Å². The quantitative estimate of drug-likeness (QED) is 0.251. The molecule has 0 aliphatic rings. The van der Waals surface area contributed by atoms with Crippen molar-refractivity contribution in [2.75, 3.05) is 11.9 Å². The van der Waals surface area contributed by atoms with E-state index < -0.39 is 61.1 Å². The molecule has 2 aromatic carbocycles. The molecule has 0 bridgehead atoms. The summed E-state index contributed by atoms with van der Waals surface area (Å²) in [6, 6.07) is 7.80. The van der Waals surface area contributed by atoms with Crippen molar-refractivity contribution in [2.24, 2.45) is 10.2 Å². The largest absolute Gasteiger partial charge is 0.573 e. The van der Waals surface area contributed by atoms with E-state index in [-0.39, 0.29) is 11.3 Å². The van der Waals surface area contributed by atoms with E-state index in [1.807, 2.05) is 0 Å². The highest BCUT2D eigenvalue weighted by atomic mass is 19.4. The minimum absolute atomic E-state index is 0.0875. The van der Waals surface area contributed by atoms with Gasteiger partial charge in [0, 0.05) is 5.69 Å². The first-order chi connectivity index (χ1) is 17.2. The molecule has 0 atom stereocenters. The number of benzene rings is 2. The Balaban J connectivity index is 1.82. The number of nitrogens with zero attached hydrogens (tertiary/aromatic N) is 5. The first-order valence-electron chi connectivity index (χ1n) is 9.79. The summed E-state index contributed by atoms with van der Waals surface area (Å²) in [4.78, 5) is 10.9. The number of ether oxygens (including phenoxy) is 2. The van der Waals surface area contributed by atoms with Gasteiger partial charge < -0.3 is 14.8 Å². The minimum Gasteiger partial charge on any atom is -0.454 e. The zero-order valence-corrected chi connectivity index (χ0v) is 18.0. The van der Waals surface area contributed by atoms with Crippen LogP contribution in [-0.2, 0) is 12.7 Å². The summed E-state index contributed by atoms with van der Waals surface area (Å²) in [6.45, 7) is -2.35. The van der Waals surface area contributed by atoms with Crippen LogP contribution in [0.3, 0.4) is 0 Å². The minimum atomic E-state index is -4.92. The summed E-state index contributed by atoms with van der Waals surface area (Å²) in [6.07, 6.45) is -14.3. The predicted octanol–water partition coefficient (Wildman–Crippen LogP) is 6.76. The van der Waals surface area contributed by atoms with Gasteiger partial charge in [0.1, 0.15) is 5.75 Å². The molecule has 0 aliphatic heterocycles. The van der Waals surface area contributed by atoms with Crippen LogP contribution in [0.2, 0.25) is 0 Å². The number of alkyl halides is 9. The zero-order chi connectivity index (χ0) is 27.3. The van der Waals surface area contributed by atoms with Crippen LogP contribution in [0.15, 0.2) is 58.8 Å². The molecule has 0 aliphatic carbocycles.